The van der Waals surface area contributed by atoms with Gasteiger partial charge in [0.15, 0.2) is 0 Å². The zero-order valence-electron chi connectivity index (χ0n) is 10.8. The number of nitrogens with one attached hydrogen (secondary N) is 1. The van der Waals surface area contributed by atoms with Crippen LogP contribution in [0.3, 0.4) is 0 Å². The number of hydrogen-bond acceptors (Lipinski definition) is 3. The summed E-state index contributed by atoms with van der Waals surface area (Å²) in [5, 5.41) is 13.4. The molecule has 0 bridgehead atoms. The van der Waals surface area contributed by atoms with Gasteiger partial charge in [0.1, 0.15) is 0 Å². The molecule has 0 spiro atoms. The van der Waals surface area contributed by atoms with Crippen molar-refractivity contribution in [3.8, 4) is 0 Å². The monoisotopic (exact) mass is 217 g/mol. The summed E-state index contributed by atoms with van der Waals surface area (Å²) in [5.41, 5.74) is -0.639. The summed E-state index contributed by atoms with van der Waals surface area (Å²) >= 11 is 0. The Bertz CT molecular complexity index is 152. The molecule has 0 aromatic carbocycles. The largest absolute Gasteiger partial charge is 0.389 e. The number of aliphatic hydroxyl groups is 1. The van der Waals surface area contributed by atoms with Gasteiger partial charge in [-0.1, -0.05) is 27.2 Å². The molecule has 0 aliphatic heterocycles. The van der Waals surface area contributed by atoms with E-state index >= 15 is 0 Å². The summed E-state index contributed by atoms with van der Waals surface area (Å²) in [4.78, 5) is 0. The van der Waals surface area contributed by atoms with Gasteiger partial charge in [-0.15, -0.1) is 0 Å². The van der Waals surface area contributed by atoms with Crippen LogP contribution in [0.1, 0.15) is 40.5 Å². The lowest BCUT2D eigenvalue weighted by Crippen LogP contribution is -2.47. The van der Waals surface area contributed by atoms with Gasteiger partial charge >= 0.3 is 0 Å². The highest BCUT2D eigenvalue weighted by atomic mass is 16.5. The molecule has 0 aromatic rings. The van der Waals surface area contributed by atoms with Crippen molar-refractivity contribution in [3.05, 3.63) is 0 Å². The van der Waals surface area contributed by atoms with E-state index in [0.29, 0.717) is 19.2 Å². The molecular formula is C12H27NO2. The van der Waals surface area contributed by atoms with Crippen LogP contribution in [-0.2, 0) is 4.74 Å². The maximum atomic E-state index is 10.1. The lowest BCUT2D eigenvalue weighted by molar-refractivity contribution is 0.00866. The van der Waals surface area contributed by atoms with E-state index in [1.165, 1.54) is 0 Å². The molecule has 0 amide bonds. The first kappa shape index (κ1) is 14.9. The Labute approximate surface area is 94.2 Å². The van der Waals surface area contributed by atoms with E-state index in [2.05, 4.69) is 12.2 Å². The summed E-state index contributed by atoms with van der Waals surface area (Å²) in [6.07, 6.45) is 2.22. The molecule has 0 aliphatic carbocycles. The van der Waals surface area contributed by atoms with Crippen LogP contribution in [0.2, 0.25) is 0 Å². The highest BCUT2D eigenvalue weighted by molar-refractivity contribution is 4.81. The Morgan fingerprint density at radius 3 is 2.40 bits per heavy atom. The minimum atomic E-state index is -0.639. The van der Waals surface area contributed by atoms with Gasteiger partial charge < -0.3 is 15.2 Å². The molecule has 2 atom stereocenters. The van der Waals surface area contributed by atoms with Gasteiger partial charge in [0.25, 0.3) is 0 Å². The van der Waals surface area contributed by atoms with Crippen LogP contribution in [0.25, 0.3) is 0 Å². The third kappa shape index (κ3) is 6.13. The van der Waals surface area contributed by atoms with E-state index in [1.807, 2.05) is 20.8 Å². The average Bonchev–Trinajstić information content (AvgIpc) is 2.15. The average molecular weight is 217 g/mol. The first-order chi connectivity index (χ1) is 6.94. The van der Waals surface area contributed by atoms with Gasteiger partial charge in [0.05, 0.1) is 12.2 Å². The molecule has 2 unspecified atom stereocenters. The van der Waals surface area contributed by atoms with Gasteiger partial charge in [0.2, 0.25) is 0 Å². The first-order valence-electron chi connectivity index (χ1n) is 5.88. The fourth-order valence-corrected chi connectivity index (χ4v) is 1.35. The van der Waals surface area contributed by atoms with Crippen molar-refractivity contribution in [1.29, 1.82) is 0 Å². The Kier molecular flexibility index (Phi) is 7.14. The zero-order valence-corrected chi connectivity index (χ0v) is 10.8. The van der Waals surface area contributed by atoms with Crippen LogP contribution in [0, 0.1) is 5.92 Å². The Balaban J connectivity index is 3.97. The first-order valence-corrected chi connectivity index (χ1v) is 5.88. The van der Waals surface area contributed by atoms with Crippen molar-refractivity contribution < 1.29 is 9.84 Å². The summed E-state index contributed by atoms with van der Waals surface area (Å²) in [7, 11) is 1.71. The van der Waals surface area contributed by atoms with Crippen LogP contribution in [0.4, 0.5) is 0 Å². The summed E-state index contributed by atoms with van der Waals surface area (Å²) in [6, 6.07) is 0.352. The van der Waals surface area contributed by atoms with Crippen molar-refractivity contribution in [1.82, 2.24) is 5.32 Å². The van der Waals surface area contributed by atoms with Crippen LogP contribution in [0.5, 0.6) is 0 Å². The molecule has 0 aromatic heterocycles. The van der Waals surface area contributed by atoms with E-state index < -0.39 is 5.60 Å². The lowest BCUT2D eigenvalue weighted by Gasteiger charge is -2.30. The molecule has 0 aliphatic rings. The fraction of sp³-hybridized carbons (Fsp3) is 1.00. The third-order valence-corrected chi connectivity index (χ3v) is 3.00. The van der Waals surface area contributed by atoms with Crippen LogP contribution >= 0.6 is 0 Å². The molecule has 92 valence electrons. The SMILES string of the molecule is CCCC(COC)NCC(C)(O)C(C)C. The second-order valence-electron chi connectivity index (χ2n) is 4.83. The van der Waals surface area contributed by atoms with Crippen LogP contribution < -0.4 is 5.32 Å². The minimum absolute atomic E-state index is 0.259. The molecular weight excluding hydrogens is 190 g/mol. The van der Waals surface area contributed by atoms with E-state index in [9.17, 15) is 5.11 Å². The molecule has 2 N–H and O–H groups in total. The fourth-order valence-electron chi connectivity index (χ4n) is 1.35. The second-order valence-corrected chi connectivity index (χ2v) is 4.83. The molecule has 15 heavy (non-hydrogen) atoms. The van der Waals surface area contributed by atoms with Crippen LogP contribution in [0.15, 0.2) is 0 Å². The normalized spacial score (nSPS) is 17.8. The molecule has 0 radical (unpaired) electrons. The van der Waals surface area contributed by atoms with Crippen molar-refractivity contribution in [2.75, 3.05) is 20.3 Å². The second kappa shape index (κ2) is 7.20. The van der Waals surface area contributed by atoms with Crippen molar-refractivity contribution in [2.45, 2.75) is 52.2 Å². The molecule has 0 saturated carbocycles. The van der Waals surface area contributed by atoms with Crippen LogP contribution in [-0.4, -0.2) is 37.0 Å². The van der Waals surface area contributed by atoms with E-state index in [-0.39, 0.29) is 5.92 Å². The maximum absolute atomic E-state index is 10.1. The molecule has 0 fully saturated rings. The quantitative estimate of drug-likeness (QED) is 0.651. The molecule has 3 heteroatoms. The maximum Gasteiger partial charge on any atom is 0.0766 e. The van der Waals surface area contributed by atoms with Gasteiger partial charge in [-0.3, -0.25) is 0 Å². The van der Waals surface area contributed by atoms with E-state index in [1.54, 1.807) is 7.11 Å². The third-order valence-electron chi connectivity index (χ3n) is 3.00. The highest BCUT2D eigenvalue weighted by Crippen LogP contribution is 2.15. The molecule has 0 heterocycles. The smallest absolute Gasteiger partial charge is 0.0766 e. The van der Waals surface area contributed by atoms with Gasteiger partial charge in [0, 0.05) is 19.7 Å². The van der Waals surface area contributed by atoms with E-state index in [4.69, 9.17) is 4.74 Å². The van der Waals surface area contributed by atoms with Gasteiger partial charge in [-0.05, 0) is 19.3 Å². The van der Waals surface area contributed by atoms with Gasteiger partial charge in [-0.25, -0.2) is 0 Å². The lowest BCUT2D eigenvalue weighted by atomic mass is 9.92. The number of hydrogen-bond donors (Lipinski definition) is 2. The summed E-state index contributed by atoms with van der Waals surface area (Å²) in [6.45, 7) is 9.44. The molecule has 0 saturated heterocycles. The Morgan fingerprint density at radius 1 is 1.40 bits per heavy atom. The standard InChI is InChI=1S/C12H27NO2/c1-6-7-11(8-15-5)13-9-12(4,14)10(2)3/h10-11,13-14H,6-9H2,1-5H3. The zero-order chi connectivity index (χ0) is 11.9. The molecule has 3 nitrogen and oxygen atoms in total. The van der Waals surface area contributed by atoms with Crippen molar-refractivity contribution >= 4 is 0 Å². The predicted molar refractivity (Wildman–Crippen MR) is 64.0 cm³/mol. The highest BCUT2D eigenvalue weighted by Gasteiger charge is 2.25. The molecule has 0 rings (SSSR count). The predicted octanol–water partition coefficient (Wildman–Crippen LogP) is 1.80. The Hall–Kier alpha value is -0.120. The number of methoxy groups -OCH3 is 1. The topological polar surface area (TPSA) is 41.5 Å². The number of rotatable bonds is 8. The summed E-state index contributed by atoms with van der Waals surface area (Å²) < 4.78 is 5.14. The number of ether oxygens (including phenoxy) is 1. The van der Waals surface area contributed by atoms with Crippen molar-refractivity contribution in [2.24, 2.45) is 5.92 Å². The van der Waals surface area contributed by atoms with Gasteiger partial charge in [-0.2, -0.15) is 0 Å². The van der Waals surface area contributed by atoms with Crippen molar-refractivity contribution in [3.63, 3.8) is 0 Å². The minimum Gasteiger partial charge on any atom is -0.389 e. The Morgan fingerprint density at radius 2 is 2.00 bits per heavy atom. The van der Waals surface area contributed by atoms with E-state index in [0.717, 1.165) is 12.8 Å². The summed E-state index contributed by atoms with van der Waals surface area (Å²) in [5.74, 6) is 0.259.